The summed E-state index contributed by atoms with van der Waals surface area (Å²) in [7, 11) is 0. The van der Waals surface area contributed by atoms with E-state index in [4.69, 9.17) is 53.9 Å². The highest BCUT2D eigenvalue weighted by molar-refractivity contribution is 5.94. The monoisotopic (exact) mass is 881 g/mol. The van der Waals surface area contributed by atoms with E-state index < -0.39 is 37.4 Å². The number of ether oxygens (including phenoxy) is 6. The summed E-state index contributed by atoms with van der Waals surface area (Å²) >= 11 is 0. The normalized spacial score (nSPS) is 11.5. The van der Waals surface area contributed by atoms with E-state index in [1.54, 1.807) is 60.7 Å². The van der Waals surface area contributed by atoms with Gasteiger partial charge in [-0.25, -0.2) is 19.6 Å². The number of nitriles is 1. The van der Waals surface area contributed by atoms with Gasteiger partial charge in [-0.15, -0.1) is 0 Å². The Kier molecular flexibility index (Phi) is 18.1. The van der Waals surface area contributed by atoms with Crippen LogP contribution in [0.3, 0.4) is 0 Å². The minimum atomic E-state index is -1.03. The van der Waals surface area contributed by atoms with E-state index in [0.29, 0.717) is 71.9 Å². The Morgan fingerprint density at radius 1 is 0.615 bits per heavy atom. The number of Topliss-reactive ketones (excluding diaryl/α,β-unsaturated/α-hetero) is 1. The standard InChI is InChI=1S/C26H27NO6.C25H24N2O5/c1-4-31-15-25(33-21-12-13-24(17(2)14-21)32-16-26(29)30)23-7-5-6-22(27-23)20-10-8-19(9-11-20)18(3)28;1-3-30-15-24(32-20-11-12-23(17(2)13-20)31-16-25(28)29)22-6-4-5-21(27-22)19-9-7-18(14-26)8-10-19/h5-14,25H,4,15-16H2,1-3H3,(H,29,30);4-13,24H,3,15-16H2,1-2H3,(H,28,29)/t25-;24-/m11/s1. The van der Waals surface area contributed by atoms with Crippen molar-refractivity contribution in [3.05, 3.63) is 155 Å². The van der Waals surface area contributed by atoms with Crippen molar-refractivity contribution in [2.24, 2.45) is 0 Å². The summed E-state index contributed by atoms with van der Waals surface area (Å²) in [5.41, 5.74) is 7.52. The smallest absolute Gasteiger partial charge is 0.341 e. The fraction of sp³-hybridized carbons (Fsp3) is 0.255. The third-order valence-electron chi connectivity index (χ3n) is 9.60. The van der Waals surface area contributed by atoms with Crippen LogP contribution >= 0.6 is 0 Å². The summed E-state index contributed by atoms with van der Waals surface area (Å²) in [5.74, 6) is 0.117. The molecule has 0 aliphatic rings. The van der Waals surface area contributed by atoms with E-state index in [2.05, 4.69) is 6.07 Å². The molecule has 0 unspecified atom stereocenters. The van der Waals surface area contributed by atoms with Gasteiger partial charge in [0.05, 0.1) is 47.6 Å². The van der Waals surface area contributed by atoms with Crippen LogP contribution in [0, 0.1) is 25.2 Å². The first-order valence-electron chi connectivity index (χ1n) is 20.8. The van der Waals surface area contributed by atoms with Crippen LogP contribution in [0.5, 0.6) is 23.0 Å². The van der Waals surface area contributed by atoms with Gasteiger partial charge >= 0.3 is 11.9 Å². The molecule has 0 amide bonds. The van der Waals surface area contributed by atoms with Crippen molar-refractivity contribution in [1.82, 2.24) is 9.97 Å². The zero-order chi connectivity index (χ0) is 46.7. The Morgan fingerprint density at radius 3 is 1.42 bits per heavy atom. The van der Waals surface area contributed by atoms with Crippen LogP contribution in [0.2, 0.25) is 0 Å². The van der Waals surface area contributed by atoms with Gasteiger partial charge in [-0.2, -0.15) is 5.26 Å². The molecule has 14 heteroatoms. The lowest BCUT2D eigenvalue weighted by Crippen LogP contribution is -2.16. The summed E-state index contributed by atoms with van der Waals surface area (Å²) in [5, 5.41) is 26.6. The van der Waals surface area contributed by atoms with Crippen LogP contribution in [0.25, 0.3) is 22.5 Å². The number of aromatic nitrogens is 2. The second kappa shape index (κ2) is 24.3. The summed E-state index contributed by atoms with van der Waals surface area (Å²) < 4.78 is 34.2. The summed E-state index contributed by atoms with van der Waals surface area (Å²) in [4.78, 5) is 42.6. The predicted molar refractivity (Wildman–Crippen MR) is 242 cm³/mol. The molecule has 0 radical (unpaired) electrons. The maximum atomic E-state index is 11.5. The van der Waals surface area contributed by atoms with Gasteiger partial charge in [0.15, 0.2) is 31.2 Å². The molecule has 65 heavy (non-hydrogen) atoms. The van der Waals surface area contributed by atoms with Gasteiger partial charge < -0.3 is 38.6 Å². The van der Waals surface area contributed by atoms with Crippen molar-refractivity contribution < 1.29 is 53.0 Å². The first-order valence-corrected chi connectivity index (χ1v) is 20.8. The third-order valence-corrected chi connectivity index (χ3v) is 9.60. The fourth-order valence-corrected chi connectivity index (χ4v) is 6.31. The first-order chi connectivity index (χ1) is 31.4. The van der Waals surface area contributed by atoms with Crippen LogP contribution in [0.1, 0.15) is 71.4 Å². The molecule has 2 N–H and O–H groups in total. The Labute approximate surface area is 378 Å². The number of hydrogen-bond donors (Lipinski definition) is 2. The maximum absolute atomic E-state index is 11.5. The highest BCUT2D eigenvalue weighted by Gasteiger charge is 2.19. The van der Waals surface area contributed by atoms with Gasteiger partial charge in [0.2, 0.25) is 0 Å². The highest BCUT2D eigenvalue weighted by Crippen LogP contribution is 2.30. The molecule has 2 atom stereocenters. The van der Waals surface area contributed by atoms with E-state index in [-0.39, 0.29) is 5.78 Å². The fourth-order valence-electron chi connectivity index (χ4n) is 6.31. The molecule has 0 aliphatic carbocycles. The molecule has 2 aromatic heterocycles. The van der Waals surface area contributed by atoms with Crippen LogP contribution in [0.4, 0.5) is 0 Å². The van der Waals surface area contributed by atoms with Crippen LogP contribution < -0.4 is 18.9 Å². The van der Waals surface area contributed by atoms with Crippen molar-refractivity contribution in [3.8, 4) is 51.6 Å². The first kappa shape index (κ1) is 48.4. The molecule has 2 heterocycles. The molecule has 0 spiro atoms. The average Bonchev–Trinajstić information content (AvgIpc) is 3.31. The van der Waals surface area contributed by atoms with Gasteiger partial charge in [-0.05, 0) is 119 Å². The van der Waals surface area contributed by atoms with E-state index >= 15 is 0 Å². The lowest BCUT2D eigenvalue weighted by atomic mass is 10.1. The average molecular weight is 882 g/mol. The summed E-state index contributed by atoms with van der Waals surface area (Å²) in [6.07, 6.45) is -0.898. The molecule has 336 valence electrons. The number of nitrogens with zero attached hydrogens (tertiary/aromatic N) is 3. The van der Waals surface area contributed by atoms with E-state index in [1.807, 2.05) is 88.4 Å². The molecular formula is C51H51N3O11. The van der Waals surface area contributed by atoms with E-state index in [1.165, 1.54) is 6.92 Å². The number of aliphatic carboxylic acids is 2. The number of rotatable bonds is 21. The van der Waals surface area contributed by atoms with E-state index in [9.17, 15) is 14.4 Å². The molecule has 0 aliphatic heterocycles. The largest absolute Gasteiger partial charge is 0.482 e. The van der Waals surface area contributed by atoms with Gasteiger partial charge in [-0.3, -0.25) is 4.79 Å². The zero-order valence-electron chi connectivity index (χ0n) is 36.9. The summed E-state index contributed by atoms with van der Waals surface area (Å²) in [6, 6.07) is 38.5. The second-order valence-corrected chi connectivity index (χ2v) is 14.5. The number of pyridine rings is 2. The molecule has 0 bridgehead atoms. The topological polar surface area (TPSA) is 197 Å². The number of carbonyl (C=O) groups excluding carboxylic acids is 1. The van der Waals surface area contributed by atoms with E-state index in [0.717, 1.165) is 33.6 Å². The van der Waals surface area contributed by atoms with Crippen molar-refractivity contribution in [2.45, 2.75) is 46.8 Å². The molecule has 0 saturated heterocycles. The number of benzene rings is 4. The predicted octanol–water partition coefficient (Wildman–Crippen LogP) is 9.43. The highest BCUT2D eigenvalue weighted by atomic mass is 16.5. The van der Waals surface area contributed by atoms with Crippen molar-refractivity contribution in [1.29, 1.82) is 5.26 Å². The minimum Gasteiger partial charge on any atom is -0.482 e. The number of hydrogen-bond acceptors (Lipinski definition) is 12. The second-order valence-electron chi connectivity index (χ2n) is 14.5. The SMILES string of the molecule is CCOC[C@@H](Oc1ccc(OCC(=O)O)c(C)c1)c1cccc(-c2ccc(C#N)cc2)n1.CCOC[C@@H](Oc1ccc(OCC(=O)O)c(C)c1)c1cccc(-c2ccc(C(C)=O)cc2)n1. The molecule has 0 fully saturated rings. The quantitative estimate of drug-likeness (QED) is 0.0649. The lowest BCUT2D eigenvalue weighted by molar-refractivity contribution is -0.140. The molecule has 6 rings (SSSR count). The van der Waals surface area contributed by atoms with Crippen LogP contribution in [-0.2, 0) is 19.1 Å². The zero-order valence-corrected chi connectivity index (χ0v) is 36.9. The number of ketones is 1. The van der Waals surface area contributed by atoms with Gasteiger partial charge in [0, 0.05) is 29.9 Å². The van der Waals surface area contributed by atoms with Crippen molar-refractivity contribution in [3.63, 3.8) is 0 Å². The number of carbonyl (C=O) groups is 3. The Morgan fingerprint density at radius 2 is 1.05 bits per heavy atom. The molecule has 0 saturated carbocycles. The summed E-state index contributed by atoms with van der Waals surface area (Å²) in [6.45, 7) is 9.91. The number of aryl methyl sites for hydroxylation is 2. The number of carboxylic acids is 2. The van der Waals surface area contributed by atoms with Crippen molar-refractivity contribution in [2.75, 3.05) is 39.6 Å². The van der Waals surface area contributed by atoms with Gasteiger partial charge in [0.25, 0.3) is 0 Å². The maximum Gasteiger partial charge on any atom is 0.341 e. The molecule has 6 aromatic rings. The van der Waals surface area contributed by atoms with Crippen molar-refractivity contribution >= 4 is 17.7 Å². The van der Waals surface area contributed by atoms with Crippen LogP contribution in [0.15, 0.2) is 121 Å². The third kappa shape index (κ3) is 14.7. The Balaban J connectivity index is 0.000000244. The molecular weight excluding hydrogens is 831 g/mol. The Hall–Kier alpha value is -7.60. The van der Waals surface area contributed by atoms with Gasteiger partial charge in [0.1, 0.15) is 23.0 Å². The van der Waals surface area contributed by atoms with Crippen LogP contribution in [-0.4, -0.2) is 77.5 Å². The van der Waals surface area contributed by atoms with Gasteiger partial charge in [-0.1, -0.05) is 48.5 Å². The molecule has 14 nitrogen and oxygen atoms in total. The number of carboxylic acid groups (broad SMARTS) is 2. The molecule has 4 aromatic carbocycles. The minimum absolute atomic E-state index is 0.0168. The lowest BCUT2D eigenvalue weighted by Gasteiger charge is -2.20. The Bertz CT molecular complexity index is 2570.